The molecule has 138 valence electrons. The van der Waals surface area contributed by atoms with E-state index in [-0.39, 0.29) is 11.4 Å². The number of piperidine rings is 1. The summed E-state index contributed by atoms with van der Waals surface area (Å²) < 4.78 is 0. The van der Waals surface area contributed by atoms with Gasteiger partial charge >= 0.3 is 0 Å². The van der Waals surface area contributed by atoms with Gasteiger partial charge in [0.25, 0.3) is 5.91 Å². The molecule has 5 heteroatoms. The Labute approximate surface area is 155 Å². The second kappa shape index (κ2) is 7.85. The van der Waals surface area contributed by atoms with E-state index < -0.39 is 0 Å². The van der Waals surface area contributed by atoms with Gasteiger partial charge in [-0.2, -0.15) is 0 Å². The van der Waals surface area contributed by atoms with Crippen molar-refractivity contribution in [3.63, 3.8) is 0 Å². The molecule has 2 aromatic rings. The summed E-state index contributed by atoms with van der Waals surface area (Å²) in [5.41, 5.74) is 1.50. The van der Waals surface area contributed by atoms with Crippen LogP contribution in [0.15, 0.2) is 42.7 Å². The lowest BCUT2D eigenvalue weighted by molar-refractivity contribution is 0.0914. The molecule has 0 spiro atoms. The lowest BCUT2D eigenvalue weighted by Gasteiger charge is -2.32. The first-order chi connectivity index (χ1) is 12.4. The van der Waals surface area contributed by atoms with E-state index in [1.807, 2.05) is 20.8 Å². The van der Waals surface area contributed by atoms with Crippen LogP contribution in [0.2, 0.25) is 0 Å². The molecule has 1 N–H and O–H groups in total. The van der Waals surface area contributed by atoms with E-state index in [1.165, 1.54) is 5.56 Å². The van der Waals surface area contributed by atoms with Crippen LogP contribution in [-0.2, 0) is 6.42 Å². The molecule has 1 saturated heterocycles. The fourth-order valence-electron chi connectivity index (χ4n) is 3.32. The first-order valence-corrected chi connectivity index (χ1v) is 9.34. The second-order valence-electron chi connectivity index (χ2n) is 8.08. The minimum absolute atomic E-state index is 0.182. The standard InChI is InChI=1S/C21H28N4O/c1-21(2,3)24-20(26)18-14-23-19(15-22-18)25-11-9-17(10-12-25)13-16-7-5-4-6-8-16/h4-8,14-15,17H,9-13H2,1-3H3,(H,24,26). The predicted molar refractivity (Wildman–Crippen MR) is 104 cm³/mol. The molecule has 1 fully saturated rings. The van der Waals surface area contributed by atoms with Crippen LogP contribution < -0.4 is 10.2 Å². The molecule has 5 nitrogen and oxygen atoms in total. The molecule has 2 heterocycles. The van der Waals surface area contributed by atoms with Crippen molar-refractivity contribution in [3.05, 3.63) is 54.0 Å². The van der Waals surface area contributed by atoms with E-state index in [4.69, 9.17) is 0 Å². The zero-order valence-corrected chi connectivity index (χ0v) is 15.9. The third-order valence-corrected chi connectivity index (χ3v) is 4.67. The Hall–Kier alpha value is -2.43. The van der Waals surface area contributed by atoms with Crippen LogP contribution in [0, 0.1) is 5.92 Å². The first kappa shape index (κ1) is 18.4. The molecule has 0 unspecified atom stereocenters. The fourth-order valence-corrected chi connectivity index (χ4v) is 3.32. The number of carbonyl (C=O) groups excluding carboxylic acids is 1. The van der Waals surface area contributed by atoms with E-state index in [1.54, 1.807) is 12.4 Å². The minimum atomic E-state index is -0.280. The van der Waals surface area contributed by atoms with Crippen molar-refractivity contribution in [1.82, 2.24) is 15.3 Å². The Balaban J connectivity index is 1.54. The van der Waals surface area contributed by atoms with Crippen LogP contribution >= 0.6 is 0 Å². The number of carbonyl (C=O) groups is 1. The van der Waals surface area contributed by atoms with Crippen LogP contribution in [0.1, 0.15) is 49.7 Å². The number of amides is 1. The van der Waals surface area contributed by atoms with Gasteiger partial charge in [0.15, 0.2) is 0 Å². The molecule has 1 aliphatic heterocycles. The lowest BCUT2D eigenvalue weighted by Crippen LogP contribution is -2.41. The Bertz CT molecular complexity index is 714. The summed E-state index contributed by atoms with van der Waals surface area (Å²) in [6, 6.07) is 10.7. The molecule has 0 aliphatic carbocycles. The summed E-state index contributed by atoms with van der Waals surface area (Å²) in [5, 5.41) is 2.91. The second-order valence-corrected chi connectivity index (χ2v) is 8.08. The molecule has 0 saturated carbocycles. The monoisotopic (exact) mass is 352 g/mol. The van der Waals surface area contributed by atoms with Crippen molar-refractivity contribution in [2.45, 2.75) is 45.6 Å². The number of rotatable bonds is 4. The van der Waals surface area contributed by atoms with Crippen molar-refractivity contribution in [2.75, 3.05) is 18.0 Å². The average Bonchev–Trinajstić information content (AvgIpc) is 2.62. The summed E-state index contributed by atoms with van der Waals surface area (Å²) in [6.07, 6.45) is 6.75. The van der Waals surface area contributed by atoms with Crippen LogP contribution in [0.25, 0.3) is 0 Å². The van der Waals surface area contributed by atoms with Crippen LogP contribution in [0.3, 0.4) is 0 Å². The zero-order valence-electron chi connectivity index (χ0n) is 15.9. The number of hydrogen-bond acceptors (Lipinski definition) is 4. The number of benzene rings is 1. The molecule has 3 rings (SSSR count). The molecule has 1 aliphatic rings. The summed E-state index contributed by atoms with van der Waals surface area (Å²) in [4.78, 5) is 23.2. The van der Waals surface area contributed by atoms with Crippen molar-refractivity contribution in [1.29, 1.82) is 0 Å². The number of anilines is 1. The van der Waals surface area contributed by atoms with E-state index >= 15 is 0 Å². The van der Waals surface area contributed by atoms with Crippen molar-refractivity contribution in [2.24, 2.45) is 5.92 Å². The van der Waals surface area contributed by atoms with E-state index in [0.29, 0.717) is 5.69 Å². The lowest BCUT2D eigenvalue weighted by atomic mass is 9.90. The van der Waals surface area contributed by atoms with Gasteiger partial charge in [0.2, 0.25) is 0 Å². The molecular weight excluding hydrogens is 324 g/mol. The van der Waals surface area contributed by atoms with Gasteiger partial charge in [0, 0.05) is 18.6 Å². The Morgan fingerprint density at radius 3 is 2.38 bits per heavy atom. The highest BCUT2D eigenvalue weighted by Crippen LogP contribution is 2.24. The minimum Gasteiger partial charge on any atom is -0.355 e. The summed E-state index contributed by atoms with van der Waals surface area (Å²) >= 11 is 0. The molecule has 0 bridgehead atoms. The Kier molecular flexibility index (Phi) is 5.55. The summed E-state index contributed by atoms with van der Waals surface area (Å²) in [5.74, 6) is 1.40. The highest BCUT2D eigenvalue weighted by atomic mass is 16.2. The third-order valence-electron chi connectivity index (χ3n) is 4.67. The van der Waals surface area contributed by atoms with Gasteiger partial charge in [-0.05, 0) is 51.5 Å². The van der Waals surface area contributed by atoms with Crippen molar-refractivity contribution < 1.29 is 4.79 Å². The smallest absolute Gasteiger partial charge is 0.271 e. The number of hydrogen-bond donors (Lipinski definition) is 1. The molecule has 0 radical (unpaired) electrons. The zero-order chi connectivity index (χ0) is 18.6. The fraction of sp³-hybridized carbons (Fsp3) is 0.476. The molecule has 1 aromatic carbocycles. The predicted octanol–water partition coefficient (Wildman–Crippen LogP) is 3.46. The molecule has 1 amide bonds. The third kappa shape index (κ3) is 5.04. The van der Waals surface area contributed by atoms with Gasteiger partial charge in [-0.1, -0.05) is 30.3 Å². The maximum absolute atomic E-state index is 12.1. The number of aromatic nitrogens is 2. The van der Waals surface area contributed by atoms with Gasteiger partial charge in [0.05, 0.1) is 12.4 Å². The molecular formula is C21H28N4O. The van der Waals surface area contributed by atoms with Crippen LogP contribution in [-0.4, -0.2) is 34.5 Å². The van der Waals surface area contributed by atoms with Crippen LogP contribution in [0.5, 0.6) is 0 Å². The molecule has 0 atom stereocenters. The topological polar surface area (TPSA) is 58.1 Å². The maximum atomic E-state index is 12.1. The summed E-state index contributed by atoms with van der Waals surface area (Å²) in [6.45, 7) is 7.82. The van der Waals surface area contributed by atoms with Gasteiger partial charge < -0.3 is 10.2 Å². The van der Waals surface area contributed by atoms with Gasteiger partial charge in [-0.15, -0.1) is 0 Å². The van der Waals surface area contributed by atoms with Gasteiger partial charge in [0.1, 0.15) is 11.5 Å². The van der Waals surface area contributed by atoms with E-state index in [2.05, 4.69) is 50.5 Å². The highest BCUT2D eigenvalue weighted by Gasteiger charge is 2.21. The Morgan fingerprint density at radius 1 is 1.12 bits per heavy atom. The normalized spacial score (nSPS) is 15.7. The highest BCUT2D eigenvalue weighted by molar-refractivity contribution is 5.92. The largest absolute Gasteiger partial charge is 0.355 e. The van der Waals surface area contributed by atoms with Crippen molar-refractivity contribution >= 4 is 11.7 Å². The van der Waals surface area contributed by atoms with E-state index in [0.717, 1.165) is 44.1 Å². The van der Waals surface area contributed by atoms with Crippen LogP contribution in [0.4, 0.5) is 5.82 Å². The summed E-state index contributed by atoms with van der Waals surface area (Å²) in [7, 11) is 0. The van der Waals surface area contributed by atoms with Gasteiger partial charge in [-0.3, -0.25) is 4.79 Å². The van der Waals surface area contributed by atoms with E-state index in [9.17, 15) is 4.79 Å². The number of nitrogens with zero attached hydrogens (tertiary/aromatic N) is 3. The first-order valence-electron chi connectivity index (χ1n) is 9.34. The quantitative estimate of drug-likeness (QED) is 0.915. The van der Waals surface area contributed by atoms with Gasteiger partial charge in [-0.25, -0.2) is 9.97 Å². The molecule has 26 heavy (non-hydrogen) atoms. The maximum Gasteiger partial charge on any atom is 0.271 e. The number of nitrogens with one attached hydrogen (secondary N) is 1. The Morgan fingerprint density at radius 2 is 1.81 bits per heavy atom. The SMILES string of the molecule is CC(C)(C)NC(=O)c1cnc(N2CCC(Cc3ccccc3)CC2)cn1. The van der Waals surface area contributed by atoms with Crippen molar-refractivity contribution in [3.8, 4) is 0 Å². The molecule has 1 aromatic heterocycles. The average molecular weight is 352 g/mol.